The van der Waals surface area contributed by atoms with E-state index in [0.29, 0.717) is 6.61 Å². The normalized spacial score (nSPS) is 13.6. The number of nitrogens with zero attached hydrogens (tertiary/aromatic N) is 3. The van der Waals surface area contributed by atoms with Gasteiger partial charge in [0.05, 0.1) is 0 Å². The van der Waals surface area contributed by atoms with E-state index in [1.165, 1.54) is 6.33 Å². The second kappa shape index (κ2) is 6.12. The first-order valence-electron chi connectivity index (χ1n) is 6.00. The van der Waals surface area contributed by atoms with Crippen molar-refractivity contribution in [1.82, 2.24) is 14.8 Å². The van der Waals surface area contributed by atoms with Gasteiger partial charge in [-0.3, -0.25) is 0 Å². The van der Waals surface area contributed by atoms with E-state index < -0.39 is 0 Å². The Morgan fingerprint density at radius 1 is 1.39 bits per heavy atom. The van der Waals surface area contributed by atoms with E-state index >= 15 is 0 Å². The van der Waals surface area contributed by atoms with Crippen LogP contribution in [0.25, 0.3) is 6.08 Å². The highest BCUT2D eigenvalue weighted by molar-refractivity contribution is 5.52. The number of hydrogen-bond donors (Lipinski definition) is 0. The van der Waals surface area contributed by atoms with Gasteiger partial charge in [-0.2, -0.15) is 5.10 Å². The highest BCUT2D eigenvalue weighted by atomic mass is 16.5. The zero-order valence-electron chi connectivity index (χ0n) is 10.7. The average molecular weight is 243 g/mol. The highest BCUT2D eigenvalue weighted by Gasteiger charge is 2.13. The van der Waals surface area contributed by atoms with Crippen LogP contribution >= 0.6 is 0 Å². The number of benzene rings is 1. The Bertz CT molecular complexity index is 491. The lowest BCUT2D eigenvalue weighted by Crippen LogP contribution is -2.14. The number of rotatable bonds is 5. The van der Waals surface area contributed by atoms with Crippen molar-refractivity contribution < 1.29 is 4.74 Å². The van der Waals surface area contributed by atoms with Gasteiger partial charge < -0.3 is 4.74 Å². The van der Waals surface area contributed by atoms with Gasteiger partial charge in [-0.25, -0.2) is 9.67 Å². The smallest absolute Gasteiger partial charge is 0.173 e. The summed E-state index contributed by atoms with van der Waals surface area (Å²) in [6.45, 7) is 4.64. The van der Waals surface area contributed by atoms with Gasteiger partial charge in [-0.1, -0.05) is 36.4 Å². The molecule has 2 rings (SSSR count). The van der Waals surface area contributed by atoms with Gasteiger partial charge >= 0.3 is 0 Å². The summed E-state index contributed by atoms with van der Waals surface area (Å²) in [5, 5.41) is 4.14. The van der Waals surface area contributed by atoms with Crippen molar-refractivity contribution in [3.63, 3.8) is 0 Å². The maximum absolute atomic E-state index is 5.71. The first-order valence-corrected chi connectivity index (χ1v) is 6.00. The largest absolute Gasteiger partial charge is 0.353 e. The minimum absolute atomic E-state index is 0.197. The molecule has 4 heteroatoms. The van der Waals surface area contributed by atoms with Crippen LogP contribution in [0.5, 0.6) is 0 Å². The van der Waals surface area contributed by atoms with Gasteiger partial charge in [-0.05, 0) is 25.0 Å². The van der Waals surface area contributed by atoms with E-state index in [4.69, 9.17) is 4.74 Å². The Hall–Kier alpha value is -1.94. The molecule has 94 valence electrons. The summed E-state index contributed by atoms with van der Waals surface area (Å²) < 4.78 is 7.43. The fourth-order valence-corrected chi connectivity index (χ4v) is 1.80. The molecule has 0 aliphatic rings. The molecular formula is C14H17N3O. The fraction of sp³-hybridized carbons (Fsp3) is 0.286. The molecule has 0 radical (unpaired) electrons. The second-order valence-electron chi connectivity index (χ2n) is 3.98. The molecule has 0 N–H and O–H groups in total. The minimum Gasteiger partial charge on any atom is -0.353 e. The summed E-state index contributed by atoms with van der Waals surface area (Å²) in [6, 6.07) is 10.2. The van der Waals surface area contributed by atoms with Crippen molar-refractivity contribution in [3.05, 3.63) is 54.1 Å². The van der Waals surface area contributed by atoms with E-state index in [-0.39, 0.29) is 6.23 Å². The monoisotopic (exact) mass is 243 g/mol. The Balaban J connectivity index is 2.23. The molecule has 1 aromatic heterocycles. The average Bonchev–Trinajstić information content (AvgIpc) is 2.90. The van der Waals surface area contributed by atoms with Crippen molar-refractivity contribution in [2.24, 2.45) is 0 Å². The topological polar surface area (TPSA) is 39.9 Å². The molecular weight excluding hydrogens is 226 g/mol. The Labute approximate surface area is 107 Å². The Kier molecular flexibility index (Phi) is 4.25. The molecule has 18 heavy (non-hydrogen) atoms. The molecule has 0 saturated heterocycles. The van der Waals surface area contributed by atoms with Crippen LogP contribution in [0.2, 0.25) is 0 Å². The molecule has 1 aromatic carbocycles. The molecule has 0 spiro atoms. The fourth-order valence-electron chi connectivity index (χ4n) is 1.80. The molecule has 0 fully saturated rings. The van der Waals surface area contributed by atoms with Gasteiger partial charge in [0.25, 0.3) is 0 Å². The van der Waals surface area contributed by atoms with Gasteiger partial charge in [0.15, 0.2) is 6.23 Å². The lowest BCUT2D eigenvalue weighted by Gasteiger charge is -2.17. The summed E-state index contributed by atoms with van der Waals surface area (Å²) in [5.41, 5.74) is 2.24. The molecule has 0 aliphatic heterocycles. The van der Waals surface area contributed by atoms with E-state index in [0.717, 1.165) is 11.1 Å². The molecule has 0 amide bonds. The molecule has 2 aromatic rings. The second-order valence-corrected chi connectivity index (χ2v) is 3.98. The lowest BCUT2D eigenvalue weighted by atomic mass is 10.1. The molecule has 0 bridgehead atoms. The van der Waals surface area contributed by atoms with E-state index in [1.54, 1.807) is 11.0 Å². The minimum atomic E-state index is -0.197. The third-order valence-corrected chi connectivity index (χ3v) is 2.58. The lowest BCUT2D eigenvalue weighted by molar-refractivity contribution is 0.0297. The molecule has 1 heterocycles. The predicted molar refractivity (Wildman–Crippen MR) is 70.8 cm³/mol. The van der Waals surface area contributed by atoms with Gasteiger partial charge in [0.1, 0.15) is 12.7 Å². The highest BCUT2D eigenvalue weighted by Crippen LogP contribution is 2.20. The molecule has 1 unspecified atom stereocenters. The van der Waals surface area contributed by atoms with Crippen molar-refractivity contribution in [2.45, 2.75) is 20.1 Å². The van der Waals surface area contributed by atoms with Crippen LogP contribution in [0, 0.1) is 0 Å². The summed E-state index contributed by atoms with van der Waals surface area (Å²) in [7, 11) is 0. The van der Waals surface area contributed by atoms with Crippen LogP contribution in [0.3, 0.4) is 0 Å². The molecule has 0 aliphatic carbocycles. The van der Waals surface area contributed by atoms with Crippen LogP contribution in [0.4, 0.5) is 0 Å². The van der Waals surface area contributed by atoms with Crippen molar-refractivity contribution >= 4 is 6.08 Å². The van der Waals surface area contributed by atoms with Crippen LogP contribution in [-0.2, 0) is 4.74 Å². The maximum Gasteiger partial charge on any atom is 0.173 e. The predicted octanol–water partition coefficient (Wildman–Crippen LogP) is 2.92. The van der Waals surface area contributed by atoms with Crippen molar-refractivity contribution in [2.75, 3.05) is 6.61 Å². The Morgan fingerprint density at radius 2 is 2.17 bits per heavy atom. The molecule has 4 nitrogen and oxygen atoms in total. The first-order chi connectivity index (χ1) is 8.81. The zero-order valence-corrected chi connectivity index (χ0v) is 10.7. The molecule has 0 saturated carbocycles. The number of ether oxygens (including phenoxy) is 1. The van der Waals surface area contributed by atoms with Gasteiger partial charge in [-0.15, -0.1) is 0 Å². The van der Waals surface area contributed by atoms with Crippen molar-refractivity contribution in [3.8, 4) is 0 Å². The van der Waals surface area contributed by atoms with E-state index in [2.05, 4.69) is 28.3 Å². The Morgan fingerprint density at radius 3 is 2.78 bits per heavy atom. The third-order valence-electron chi connectivity index (χ3n) is 2.58. The SMILES string of the molecule is CCOC(C(C)=Cc1ccccc1)n1cncn1. The van der Waals surface area contributed by atoms with Crippen LogP contribution in [-0.4, -0.2) is 21.4 Å². The quantitative estimate of drug-likeness (QED) is 0.810. The van der Waals surface area contributed by atoms with E-state index in [1.807, 2.05) is 32.0 Å². The zero-order chi connectivity index (χ0) is 12.8. The number of aromatic nitrogens is 3. The summed E-state index contributed by atoms with van der Waals surface area (Å²) in [4.78, 5) is 3.96. The number of hydrogen-bond acceptors (Lipinski definition) is 3. The van der Waals surface area contributed by atoms with Gasteiger partial charge in [0.2, 0.25) is 0 Å². The van der Waals surface area contributed by atoms with Crippen molar-refractivity contribution in [1.29, 1.82) is 0 Å². The first kappa shape index (κ1) is 12.5. The maximum atomic E-state index is 5.71. The molecule has 1 atom stereocenters. The summed E-state index contributed by atoms with van der Waals surface area (Å²) >= 11 is 0. The summed E-state index contributed by atoms with van der Waals surface area (Å²) in [5.74, 6) is 0. The third kappa shape index (κ3) is 3.05. The van der Waals surface area contributed by atoms with Crippen LogP contribution in [0.1, 0.15) is 25.6 Å². The standard InChI is InChI=1S/C14H17N3O/c1-3-18-14(17-11-15-10-16-17)12(2)9-13-7-5-4-6-8-13/h4-11,14H,3H2,1-2H3. The van der Waals surface area contributed by atoms with Crippen LogP contribution in [0.15, 0.2) is 48.6 Å². The summed E-state index contributed by atoms with van der Waals surface area (Å²) in [6.07, 6.45) is 5.09. The van der Waals surface area contributed by atoms with E-state index in [9.17, 15) is 0 Å². The van der Waals surface area contributed by atoms with Gasteiger partial charge in [0, 0.05) is 6.61 Å². The van der Waals surface area contributed by atoms with Crippen LogP contribution < -0.4 is 0 Å².